The maximum absolute atomic E-state index is 13.0. The van der Waals surface area contributed by atoms with E-state index in [1.165, 1.54) is 22.8 Å². The lowest BCUT2D eigenvalue weighted by atomic mass is 9.84. The minimum atomic E-state index is -1.63. The van der Waals surface area contributed by atoms with Crippen LogP contribution < -0.4 is 16.0 Å². The zero-order valence-corrected chi connectivity index (χ0v) is 32.1. The lowest BCUT2D eigenvalue weighted by molar-refractivity contribution is -0.0363. The second kappa shape index (κ2) is 18.3. The first-order valence-corrected chi connectivity index (χ1v) is 19.2. The van der Waals surface area contributed by atoms with Crippen LogP contribution in [0.15, 0.2) is 101 Å². The lowest BCUT2D eigenvalue weighted by Gasteiger charge is -2.37. The number of benzene rings is 3. The molecule has 3 aromatic carbocycles. The van der Waals surface area contributed by atoms with Crippen LogP contribution >= 0.6 is 20.6 Å². The number of aromatic nitrogens is 2. The first kappa shape index (κ1) is 39.4. The van der Waals surface area contributed by atoms with E-state index in [-0.39, 0.29) is 31.7 Å². The van der Waals surface area contributed by atoms with E-state index in [2.05, 4.69) is 67.7 Å². The molecule has 5 rings (SSSR count). The van der Waals surface area contributed by atoms with Crippen molar-refractivity contribution in [2.75, 3.05) is 20.3 Å². The van der Waals surface area contributed by atoms with Crippen molar-refractivity contribution in [2.24, 2.45) is 0 Å². The first-order valence-electron chi connectivity index (χ1n) is 17.4. The molecule has 0 radical (unpaired) electrons. The number of nitrogens with zero attached hydrogens (tertiary/aromatic N) is 3. The number of ether oxygens (including phenoxy) is 2. The van der Waals surface area contributed by atoms with Gasteiger partial charge in [-0.15, -0.1) is 0 Å². The molecule has 1 unspecified atom stereocenters. The molecule has 1 aliphatic heterocycles. The Morgan fingerprint density at radius 1 is 0.981 bits per heavy atom. The molecule has 1 saturated heterocycles. The van der Waals surface area contributed by atoms with Crippen LogP contribution in [-0.4, -0.2) is 58.8 Å². The molecule has 0 spiro atoms. The van der Waals surface area contributed by atoms with Gasteiger partial charge in [0, 0.05) is 42.3 Å². The zero-order chi connectivity index (χ0) is 37.3. The van der Waals surface area contributed by atoms with Crippen molar-refractivity contribution in [3.05, 3.63) is 134 Å². The Bertz CT molecular complexity index is 1840. The molecule has 2 heterocycles. The van der Waals surface area contributed by atoms with E-state index >= 15 is 0 Å². The summed E-state index contributed by atoms with van der Waals surface area (Å²) >= 11 is 1.32. The van der Waals surface area contributed by atoms with Gasteiger partial charge >= 0.3 is 5.69 Å². The molecule has 13 heteroatoms. The first-order chi connectivity index (χ1) is 25.1. The summed E-state index contributed by atoms with van der Waals surface area (Å²) in [6.07, 6.45) is 0.127. The molecule has 0 amide bonds. The van der Waals surface area contributed by atoms with Crippen molar-refractivity contribution < 1.29 is 22.7 Å². The standard InChI is InChI=1S/C39H47N4O7PS/c1-27(2)43(28(3)4)51(47-23-13-22-40)50-34-24-36(42-25-29(5)37(44)41-38(42)45)49-35(34)26-48-52-39(30-14-9-7-10-15-30,31-16-11-8-12-17-31)32-18-20-33(46-6)21-19-32/h7-12,14-21,25,27-28,34-36H,13,23-24,26H2,1-6H3,(H,41,44,45)/t34-,35+,36+,51?/m0/s1. The number of nitriles is 1. The highest BCUT2D eigenvalue weighted by molar-refractivity contribution is 7.96. The van der Waals surface area contributed by atoms with Gasteiger partial charge in [0.05, 0.1) is 38.9 Å². The van der Waals surface area contributed by atoms with Crippen molar-refractivity contribution in [3.8, 4) is 11.8 Å². The number of aromatic amines is 1. The number of nitrogens with one attached hydrogen (secondary N) is 1. The van der Waals surface area contributed by atoms with Crippen LogP contribution in [0.5, 0.6) is 5.75 Å². The smallest absolute Gasteiger partial charge is 0.330 e. The minimum absolute atomic E-state index is 0.0860. The van der Waals surface area contributed by atoms with Crippen LogP contribution in [-0.2, 0) is 22.7 Å². The molecule has 1 fully saturated rings. The summed E-state index contributed by atoms with van der Waals surface area (Å²) in [5.41, 5.74) is 2.40. The average molecular weight is 747 g/mol. The Kier molecular flexibility index (Phi) is 13.9. The summed E-state index contributed by atoms with van der Waals surface area (Å²) in [6, 6.07) is 30.7. The minimum Gasteiger partial charge on any atom is -0.497 e. The van der Waals surface area contributed by atoms with Crippen molar-refractivity contribution >= 4 is 20.6 Å². The van der Waals surface area contributed by atoms with Crippen LogP contribution in [0.4, 0.5) is 0 Å². The van der Waals surface area contributed by atoms with Gasteiger partial charge in [0.2, 0.25) is 0 Å². The third-order valence-electron chi connectivity index (χ3n) is 8.80. The third kappa shape index (κ3) is 9.04. The fourth-order valence-corrected chi connectivity index (χ4v) is 9.18. The lowest BCUT2D eigenvalue weighted by Crippen LogP contribution is -2.36. The summed E-state index contributed by atoms with van der Waals surface area (Å²) in [5.74, 6) is 0.744. The van der Waals surface area contributed by atoms with E-state index in [0.29, 0.717) is 12.0 Å². The number of aryl methyl sites for hydroxylation is 1. The van der Waals surface area contributed by atoms with Crippen LogP contribution in [0.3, 0.4) is 0 Å². The zero-order valence-electron chi connectivity index (χ0n) is 30.4. The largest absolute Gasteiger partial charge is 0.497 e. The quantitative estimate of drug-likeness (QED) is 0.0504. The second-order valence-corrected chi connectivity index (χ2v) is 15.5. The molecule has 1 N–H and O–H groups in total. The van der Waals surface area contributed by atoms with Crippen molar-refractivity contribution in [3.63, 3.8) is 0 Å². The molecule has 0 saturated carbocycles. The highest BCUT2D eigenvalue weighted by Crippen LogP contribution is 2.52. The number of hydrogen-bond acceptors (Lipinski definition) is 10. The van der Waals surface area contributed by atoms with Gasteiger partial charge < -0.3 is 22.7 Å². The molecule has 276 valence electrons. The Balaban J connectivity index is 1.51. The van der Waals surface area contributed by atoms with E-state index in [1.54, 1.807) is 14.0 Å². The molecule has 11 nitrogen and oxygen atoms in total. The SMILES string of the molecule is COc1ccc(C(SOC[C@H]2O[C@@H](n3cc(C)c(=O)[nH]c3=O)C[C@@H]2OP(OCCC#N)N(C(C)C)C(C)C)(c2ccccc2)c2ccccc2)cc1. The van der Waals surface area contributed by atoms with Crippen molar-refractivity contribution in [1.82, 2.24) is 14.2 Å². The monoisotopic (exact) mass is 746 g/mol. The van der Waals surface area contributed by atoms with Gasteiger partial charge in [0.1, 0.15) is 22.8 Å². The van der Waals surface area contributed by atoms with Gasteiger partial charge in [-0.1, -0.05) is 72.8 Å². The molecular weight excluding hydrogens is 699 g/mol. The fourth-order valence-electron chi connectivity index (χ4n) is 6.35. The molecule has 52 heavy (non-hydrogen) atoms. The van der Waals surface area contributed by atoms with E-state index < -0.39 is 43.0 Å². The highest BCUT2D eigenvalue weighted by Gasteiger charge is 2.44. The molecule has 4 aromatic rings. The van der Waals surface area contributed by atoms with Crippen LogP contribution in [0.25, 0.3) is 0 Å². The summed E-state index contributed by atoms with van der Waals surface area (Å²) in [6.45, 7) is 10.3. The van der Waals surface area contributed by atoms with E-state index in [4.69, 9.17) is 22.7 Å². The Hall–Kier alpha value is -3.79. The molecule has 4 atom stereocenters. The maximum Gasteiger partial charge on any atom is 0.330 e. The van der Waals surface area contributed by atoms with Gasteiger partial charge in [-0.05, 0) is 63.4 Å². The van der Waals surface area contributed by atoms with Crippen LogP contribution in [0.2, 0.25) is 0 Å². The maximum atomic E-state index is 13.0. The highest BCUT2D eigenvalue weighted by atomic mass is 32.2. The molecule has 0 aliphatic carbocycles. The van der Waals surface area contributed by atoms with Gasteiger partial charge in [-0.25, -0.2) is 9.46 Å². The third-order valence-corrected chi connectivity index (χ3v) is 12.2. The van der Waals surface area contributed by atoms with Gasteiger partial charge in [0.25, 0.3) is 14.1 Å². The predicted octanol–water partition coefficient (Wildman–Crippen LogP) is 7.46. The second-order valence-electron chi connectivity index (χ2n) is 13.0. The fraction of sp³-hybridized carbons (Fsp3) is 0.410. The number of rotatable bonds is 17. The number of methoxy groups -OCH3 is 1. The van der Waals surface area contributed by atoms with E-state index in [1.807, 2.05) is 60.7 Å². The van der Waals surface area contributed by atoms with Crippen molar-refractivity contribution in [1.29, 1.82) is 5.26 Å². The normalized spacial score (nSPS) is 18.2. The average Bonchev–Trinajstić information content (AvgIpc) is 3.54. The molecular formula is C39H47N4O7PS. The molecule has 0 bridgehead atoms. The molecule has 1 aliphatic rings. The van der Waals surface area contributed by atoms with E-state index in [0.717, 1.165) is 22.4 Å². The summed E-state index contributed by atoms with van der Waals surface area (Å²) in [4.78, 5) is 27.6. The molecule has 1 aromatic heterocycles. The van der Waals surface area contributed by atoms with Crippen LogP contribution in [0, 0.1) is 18.3 Å². The van der Waals surface area contributed by atoms with Crippen LogP contribution in [0.1, 0.15) is 69.0 Å². The predicted molar refractivity (Wildman–Crippen MR) is 204 cm³/mol. The Labute approximate surface area is 311 Å². The number of hydrogen-bond donors (Lipinski definition) is 1. The Morgan fingerprint density at radius 3 is 2.13 bits per heavy atom. The summed E-state index contributed by atoms with van der Waals surface area (Å²) in [5, 5.41) is 9.25. The van der Waals surface area contributed by atoms with E-state index in [9.17, 15) is 14.9 Å². The topological polar surface area (TPSA) is 128 Å². The van der Waals surface area contributed by atoms with Gasteiger partial charge in [-0.3, -0.25) is 14.3 Å². The Morgan fingerprint density at radius 2 is 1.58 bits per heavy atom. The van der Waals surface area contributed by atoms with Gasteiger partial charge in [0.15, 0.2) is 0 Å². The number of H-pyrrole nitrogens is 1. The van der Waals surface area contributed by atoms with Gasteiger partial charge in [-0.2, -0.15) is 5.26 Å². The van der Waals surface area contributed by atoms with Crippen molar-refractivity contribution in [2.45, 2.75) is 82.7 Å². The summed E-state index contributed by atoms with van der Waals surface area (Å²) < 4.78 is 34.6. The summed E-state index contributed by atoms with van der Waals surface area (Å²) in [7, 11) is 0.0179.